The fraction of sp³-hybridized carbons (Fsp3) is 0.625. The standard InChI is InChI=1S/C16H23ClN2O2S/c17-14-6-4-13(5-7-14)16(19-10-2-1-3-11-19)12-18-22(20,21)15-8-9-15/h4-7,15-16,18H,1-3,8-12H2/t16-/m0/s1. The highest BCUT2D eigenvalue weighted by Gasteiger charge is 2.36. The Morgan fingerprint density at radius 1 is 1.14 bits per heavy atom. The van der Waals surface area contributed by atoms with Crippen LogP contribution in [0.3, 0.4) is 0 Å². The lowest BCUT2D eigenvalue weighted by molar-refractivity contribution is 0.164. The molecule has 0 radical (unpaired) electrons. The molecule has 22 heavy (non-hydrogen) atoms. The molecule has 0 unspecified atom stereocenters. The minimum absolute atomic E-state index is 0.0890. The molecule has 1 atom stereocenters. The van der Waals surface area contributed by atoms with E-state index in [4.69, 9.17) is 11.6 Å². The first kappa shape index (κ1) is 16.2. The van der Waals surface area contributed by atoms with Crippen LogP contribution in [0.2, 0.25) is 5.02 Å². The minimum Gasteiger partial charge on any atom is -0.295 e. The topological polar surface area (TPSA) is 49.4 Å². The third-order valence-electron chi connectivity index (χ3n) is 4.53. The van der Waals surface area contributed by atoms with Gasteiger partial charge in [-0.3, -0.25) is 4.90 Å². The predicted octanol–water partition coefficient (Wildman–Crippen LogP) is 2.95. The number of halogens is 1. The Kier molecular flexibility index (Phi) is 5.07. The summed E-state index contributed by atoms with van der Waals surface area (Å²) in [4.78, 5) is 2.39. The number of benzene rings is 1. The largest absolute Gasteiger partial charge is 0.295 e. The fourth-order valence-electron chi connectivity index (χ4n) is 3.06. The Balaban J connectivity index is 1.74. The first-order valence-corrected chi connectivity index (χ1v) is 9.97. The zero-order valence-corrected chi connectivity index (χ0v) is 14.2. The summed E-state index contributed by atoms with van der Waals surface area (Å²) in [6.07, 6.45) is 5.21. The molecular weight excluding hydrogens is 320 g/mol. The maximum Gasteiger partial charge on any atom is 0.214 e. The molecule has 1 aliphatic heterocycles. The van der Waals surface area contributed by atoms with Crippen LogP contribution in [0.5, 0.6) is 0 Å². The van der Waals surface area contributed by atoms with Crippen molar-refractivity contribution in [1.29, 1.82) is 0 Å². The van der Waals surface area contributed by atoms with Gasteiger partial charge in [-0.15, -0.1) is 0 Å². The highest BCUT2D eigenvalue weighted by atomic mass is 35.5. The van der Waals surface area contributed by atoms with Crippen LogP contribution >= 0.6 is 11.6 Å². The van der Waals surface area contributed by atoms with Gasteiger partial charge in [-0.2, -0.15) is 0 Å². The Hall–Kier alpha value is -0.620. The predicted molar refractivity (Wildman–Crippen MR) is 89.6 cm³/mol. The molecule has 1 saturated heterocycles. The monoisotopic (exact) mass is 342 g/mol. The van der Waals surface area contributed by atoms with Crippen LogP contribution < -0.4 is 4.72 Å². The Bertz CT molecular complexity index is 593. The molecule has 0 spiro atoms. The van der Waals surface area contributed by atoms with E-state index >= 15 is 0 Å². The van der Waals surface area contributed by atoms with Gasteiger partial charge in [0.25, 0.3) is 0 Å². The molecule has 2 aliphatic rings. The van der Waals surface area contributed by atoms with Crippen molar-refractivity contribution in [3.05, 3.63) is 34.9 Å². The van der Waals surface area contributed by atoms with Crippen LogP contribution in [0, 0.1) is 0 Å². The van der Waals surface area contributed by atoms with E-state index in [1.807, 2.05) is 24.3 Å². The van der Waals surface area contributed by atoms with Crippen molar-refractivity contribution < 1.29 is 8.42 Å². The molecule has 0 bridgehead atoms. The second-order valence-electron chi connectivity index (χ2n) is 6.26. The van der Waals surface area contributed by atoms with Gasteiger partial charge < -0.3 is 0 Å². The molecule has 1 N–H and O–H groups in total. The van der Waals surface area contributed by atoms with Crippen molar-refractivity contribution in [2.45, 2.75) is 43.4 Å². The molecule has 122 valence electrons. The summed E-state index contributed by atoms with van der Waals surface area (Å²) in [5.41, 5.74) is 1.13. The van der Waals surface area contributed by atoms with E-state index < -0.39 is 10.0 Å². The molecular formula is C16H23ClN2O2S. The molecule has 1 aromatic rings. The van der Waals surface area contributed by atoms with Gasteiger partial charge in [-0.25, -0.2) is 13.1 Å². The average Bonchev–Trinajstić information content (AvgIpc) is 3.35. The van der Waals surface area contributed by atoms with Gasteiger partial charge in [-0.1, -0.05) is 30.2 Å². The van der Waals surface area contributed by atoms with E-state index in [0.717, 1.165) is 31.5 Å². The fourth-order valence-corrected chi connectivity index (χ4v) is 4.57. The molecule has 1 heterocycles. The van der Waals surface area contributed by atoms with Crippen LogP contribution in [-0.4, -0.2) is 38.2 Å². The van der Waals surface area contributed by atoms with E-state index in [9.17, 15) is 8.42 Å². The SMILES string of the molecule is O=S(=O)(NC[C@@H](c1ccc(Cl)cc1)N1CCCCC1)C1CC1. The number of hydrogen-bond acceptors (Lipinski definition) is 3. The van der Waals surface area contributed by atoms with E-state index in [1.165, 1.54) is 19.3 Å². The second kappa shape index (κ2) is 6.87. The Morgan fingerprint density at radius 2 is 1.77 bits per heavy atom. The maximum atomic E-state index is 12.1. The number of nitrogens with one attached hydrogen (secondary N) is 1. The van der Waals surface area contributed by atoms with Gasteiger partial charge in [0.15, 0.2) is 0 Å². The second-order valence-corrected chi connectivity index (χ2v) is 8.74. The molecule has 1 aromatic carbocycles. The Morgan fingerprint density at radius 3 is 2.36 bits per heavy atom. The summed E-state index contributed by atoms with van der Waals surface area (Å²) in [6, 6.07) is 7.86. The van der Waals surface area contributed by atoms with E-state index in [-0.39, 0.29) is 11.3 Å². The molecule has 2 fully saturated rings. The zero-order valence-electron chi connectivity index (χ0n) is 12.7. The van der Waals surface area contributed by atoms with Gasteiger partial charge in [0.2, 0.25) is 10.0 Å². The summed E-state index contributed by atoms with van der Waals surface area (Å²) in [5.74, 6) is 0. The maximum absolute atomic E-state index is 12.1. The highest BCUT2D eigenvalue weighted by molar-refractivity contribution is 7.90. The number of piperidine rings is 1. The quantitative estimate of drug-likeness (QED) is 0.864. The number of rotatable bonds is 6. The number of nitrogens with zero attached hydrogens (tertiary/aromatic N) is 1. The summed E-state index contributed by atoms with van der Waals surface area (Å²) in [5, 5.41) is 0.541. The summed E-state index contributed by atoms with van der Waals surface area (Å²) < 4.78 is 27.1. The van der Waals surface area contributed by atoms with Crippen molar-refractivity contribution in [2.24, 2.45) is 0 Å². The summed E-state index contributed by atoms with van der Waals surface area (Å²) in [6.45, 7) is 2.50. The molecule has 0 amide bonds. The van der Waals surface area contributed by atoms with Crippen LogP contribution in [0.25, 0.3) is 0 Å². The van der Waals surface area contributed by atoms with E-state index in [2.05, 4.69) is 9.62 Å². The van der Waals surface area contributed by atoms with Gasteiger partial charge in [-0.05, 0) is 56.5 Å². The molecule has 3 rings (SSSR count). The molecule has 1 saturated carbocycles. The lowest BCUT2D eigenvalue weighted by atomic mass is 10.0. The third-order valence-corrected chi connectivity index (χ3v) is 6.70. The van der Waals surface area contributed by atoms with Crippen molar-refractivity contribution in [3.63, 3.8) is 0 Å². The summed E-state index contributed by atoms with van der Waals surface area (Å²) >= 11 is 5.98. The lowest BCUT2D eigenvalue weighted by Crippen LogP contribution is -2.41. The highest BCUT2D eigenvalue weighted by Crippen LogP contribution is 2.29. The molecule has 4 nitrogen and oxygen atoms in total. The van der Waals surface area contributed by atoms with Crippen molar-refractivity contribution in [1.82, 2.24) is 9.62 Å². The van der Waals surface area contributed by atoms with Crippen LogP contribution in [-0.2, 0) is 10.0 Å². The first-order chi connectivity index (χ1) is 10.6. The number of hydrogen-bond donors (Lipinski definition) is 1. The molecule has 6 heteroatoms. The van der Waals surface area contributed by atoms with Crippen LogP contribution in [0.4, 0.5) is 0 Å². The minimum atomic E-state index is -3.14. The smallest absolute Gasteiger partial charge is 0.214 e. The Labute approximate surface area is 137 Å². The number of likely N-dealkylation sites (tertiary alicyclic amines) is 1. The first-order valence-electron chi connectivity index (χ1n) is 8.04. The van der Waals surface area contributed by atoms with Gasteiger partial charge in [0.1, 0.15) is 0 Å². The van der Waals surface area contributed by atoms with Crippen LogP contribution in [0.15, 0.2) is 24.3 Å². The van der Waals surface area contributed by atoms with Crippen molar-refractivity contribution in [2.75, 3.05) is 19.6 Å². The van der Waals surface area contributed by atoms with Gasteiger partial charge in [0.05, 0.1) is 5.25 Å². The molecule has 0 aromatic heterocycles. The summed E-state index contributed by atoms with van der Waals surface area (Å²) in [7, 11) is -3.14. The molecule has 1 aliphatic carbocycles. The van der Waals surface area contributed by atoms with E-state index in [0.29, 0.717) is 11.6 Å². The van der Waals surface area contributed by atoms with Crippen molar-refractivity contribution in [3.8, 4) is 0 Å². The third kappa shape index (κ3) is 4.02. The lowest BCUT2D eigenvalue weighted by Gasteiger charge is -2.35. The zero-order chi connectivity index (χ0) is 15.6. The van der Waals surface area contributed by atoms with Gasteiger partial charge in [0, 0.05) is 17.6 Å². The normalized spacial score (nSPS) is 21.7. The van der Waals surface area contributed by atoms with Crippen LogP contribution in [0.1, 0.15) is 43.7 Å². The number of sulfonamides is 1. The average molecular weight is 343 g/mol. The van der Waals surface area contributed by atoms with Gasteiger partial charge >= 0.3 is 0 Å². The van der Waals surface area contributed by atoms with E-state index in [1.54, 1.807) is 0 Å². The van der Waals surface area contributed by atoms with Crippen molar-refractivity contribution >= 4 is 21.6 Å².